The molecule has 1 aliphatic carbocycles. The molecule has 30 heavy (non-hydrogen) atoms. The number of hydrogen-bond donors (Lipinski definition) is 0. The number of benzene rings is 1. The van der Waals surface area contributed by atoms with E-state index in [1.165, 1.54) is 16.7 Å². The molecule has 158 valence electrons. The molecule has 0 saturated carbocycles. The quantitative estimate of drug-likeness (QED) is 0.747. The van der Waals surface area contributed by atoms with Crippen LogP contribution in [0.25, 0.3) is 17.3 Å². The van der Waals surface area contributed by atoms with Gasteiger partial charge in [-0.3, -0.25) is 14.8 Å². The van der Waals surface area contributed by atoms with Gasteiger partial charge in [-0.1, -0.05) is 35.9 Å². The number of alkyl halides is 2. The molecular formula is C24H27F2N3O. The molecular weight excluding hydrogens is 384 g/mol. The maximum Gasteiger partial charge on any atom is 0.261 e. The van der Waals surface area contributed by atoms with Crippen molar-refractivity contribution in [1.82, 2.24) is 14.8 Å². The molecule has 2 saturated heterocycles. The molecule has 3 heterocycles. The Balaban J connectivity index is 1.30. The second kappa shape index (κ2) is 8.17. The van der Waals surface area contributed by atoms with E-state index >= 15 is 0 Å². The lowest BCUT2D eigenvalue weighted by Crippen LogP contribution is -2.37. The Bertz CT molecular complexity index is 936. The molecule has 0 bridgehead atoms. The van der Waals surface area contributed by atoms with Crippen molar-refractivity contribution in [1.29, 1.82) is 0 Å². The highest BCUT2D eigenvalue weighted by atomic mass is 19.3. The highest BCUT2D eigenvalue weighted by Crippen LogP contribution is 2.33. The topological polar surface area (TPSA) is 28.6 Å². The second-order valence-corrected chi connectivity index (χ2v) is 8.61. The Morgan fingerprint density at radius 1 is 0.967 bits per heavy atom. The third-order valence-corrected chi connectivity index (χ3v) is 6.26. The molecule has 0 unspecified atom stereocenters. The molecule has 3 aliphatic rings. The summed E-state index contributed by atoms with van der Waals surface area (Å²) in [6.07, 6.45) is 5.13. The number of likely N-dealkylation sites (tertiary alicyclic amines) is 1. The zero-order chi connectivity index (χ0) is 20.6. The summed E-state index contributed by atoms with van der Waals surface area (Å²) in [4.78, 5) is 8.94. The third kappa shape index (κ3) is 4.31. The van der Waals surface area contributed by atoms with Gasteiger partial charge in [0.2, 0.25) is 0 Å². The number of fused-ring (bicyclic) bond motifs is 1. The Labute approximate surface area is 176 Å². The summed E-state index contributed by atoms with van der Waals surface area (Å²) in [7, 11) is 0. The van der Waals surface area contributed by atoms with Crippen molar-refractivity contribution < 1.29 is 13.5 Å². The molecule has 0 amide bonds. The summed E-state index contributed by atoms with van der Waals surface area (Å²) < 4.78 is 32.3. The van der Waals surface area contributed by atoms with Crippen LogP contribution < -0.4 is 0 Å². The molecule has 2 aromatic rings. The SMILES string of the molecule is FC1(F)CCN(Cc2ccc(-c3nccc4c3C=C(CN3CCOCC3)C4)cc2)C1. The Morgan fingerprint density at radius 3 is 2.50 bits per heavy atom. The molecule has 5 rings (SSSR count). The van der Waals surface area contributed by atoms with E-state index in [1.807, 2.05) is 23.2 Å². The van der Waals surface area contributed by atoms with Crippen LogP contribution in [0.4, 0.5) is 8.78 Å². The number of pyridine rings is 1. The zero-order valence-corrected chi connectivity index (χ0v) is 17.1. The first kappa shape index (κ1) is 19.8. The third-order valence-electron chi connectivity index (χ3n) is 6.26. The molecule has 0 radical (unpaired) electrons. The van der Waals surface area contributed by atoms with E-state index in [0.717, 1.165) is 56.1 Å². The number of morpholine rings is 1. The van der Waals surface area contributed by atoms with Gasteiger partial charge >= 0.3 is 0 Å². The predicted molar refractivity (Wildman–Crippen MR) is 113 cm³/mol. The molecule has 0 spiro atoms. The highest BCUT2D eigenvalue weighted by molar-refractivity contribution is 5.78. The zero-order valence-electron chi connectivity index (χ0n) is 17.1. The van der Waals surface area contributed by atoms with E-state index in [4.69, 9.17) is 4.74 Å². The molecule has 2 aliphatic heterocycles. The van der Waals surface area contributed by atoms with Crippen LogP contribution in [-0.2, 0) is 17.7 Å². The lowest BCUT2D eigenvalue weighted by molar-refractivity contribution is 0.0115. The average molecular weight is 411 g/mol. The first-order valence-electron chi connectivity index (χ1n) is 10.7. The van der Waals surface area contributed by atoms with E-state index in [2.05, 4.69) is 34.2 Å². The van der Waals surface area contributed by atoms with E-state index in [1.54, 1.807) is 0 Å². The normalized spacial score (nSPS) is 21.6. The fraction of sp³-hybridized carbons (Fsp3) is 0.458. The number of aromatic nitrogens is 1. The van der Waals surface area contributed by atoms with Crippen molar-refractivity contribution in [2.45, 2.75) is 25.3 Å². The van der Waals surface area contributed by atoms with Crippen LogP contribution in [0.15, 0.2) is 42.1 Å². The Kier molecular flexibility index (Phi) is 5.39. The van der Waals surface area contributed by atoms with E-state index in [-0.39, 0.29) is 13.0 Å². The van der Waals surface area contributed by atoms with Gasteiger partial charge in [0, 0.05) is 56.5 Å². The van der Waals surface area contributed by atoms with Crippen molar-refractivity contribution in [2.24, 2.45) is 0 Å². The van der Waals surface area contributed by atoms with Crippen LogP contribution in [0, 0.1) is 0 Å². The van der Waals surface area contributed by atoms with Crippen molar-refractivity contribution in [3.8, 4) is 11.3 Å². The Hall–Kier alpha value is -2.15. The minimum atomic E-state index is -2.54. The van der Waals surface area contributed by atoms with Gasteiger partial charge in [-0.05, 0) is 23.6 Å². The summed E-state index contributed by atoms with van der Waals surface area (Å²) >= 11 is 0. The smallest absolute Gasteiger partial charge is 0.261 e. The van der Waals surface area contributed by atoms with Crippen LogP contribution in [0.2, 0.25) is 0 Å². The van der Waals surface area contributed by atoms with Crippen molar-refractivity contribution in [2.75, 3.05) is 45.9 Å². The minimum Gasteiger partial charge on any atom is -0.379 e. The molecule has 6 heteroatoms. The molecule has 1 aromatic heterocycles. The molecule has 4 nitrogen and oxygen atoms in total. The van der Waals surface area contributed by atoms with Crippen LogP contribution in [0.1, 0.15) is 23.1 Å². The van der Waals surface area contributed by atoms with Crippen LogP contribution in [0.3, 0.4) is 0 Å². The first-order chi connectivity index (χ1) is 14.6. The van der Waals surface area contributed by atoms with Gasteiger partial charge in [0.05, 0.1) is 25.5 Å². The number of hydrogen-bond acceptors (Lipinski definition) is 4. The van der Waals surface area contributed by atoms with Crippen LogP contribution >= 0.6 is 0 Å². The monoisotopic (exact) mass is 411 g/mol. The Morgan fingerprint density at radius 2 is 1.77 bits per heavy atom. The lowest BCUT2D eigenvalue weighted by atomic mass is 10.0. The first-order valence-corrected chi connectivity index (χ1v) is 10.7. The second-order valence-electron chi connectivity index (χ2n) is 8.61. The fourth-order valence-corrected chi connectivity index (χ4v) is 4.67. The van der Waals surface area contributed by atoms with E-state index < -0.39 is 5.92 Å². The van der Waals surface area contributed by atoms with Gasteiger partial charge in [0.1, 0.15) is 0 Å². The molecule has 0 N–H and O–H groups in total. The van der Waals surface area contributed by atoms with Crippen molar-refractivity contribution in [3.63, 3.8) is 0 Å². The average Bonchev–Trinajstić information content (AvgIpc) is 3.31. The van der Waals surface area contributed by atoms with E-state index in [9.17, 15) is 8.78 Å². The minimum absolute atomic E-state index is 0.0374. The number of halogens is 2. The van der Waals surface area contributed by atoms with Crippen molar-refractivity contribution >= 4 is 6.08 Å². The summed E-state index contributed by atoms with van der Waals surface area (Å²) in [6.45, 7) is 5.48. The van der Waals surface area contributed by atoms with Crippen LogP contribution in [0.5, 0.6) is 0 Å². The maximum atomic E-state index is 13.4. The van der Waals surface area contributed by atoms with Gasteiger partial charge < -0.3 is 4.74 Å². The molecule has 2 fully saturated rings. The maximum absolute atomic E-state index is 13.4. The van der Waals surface area contributed by atoms with Crippen molar-refractivity contribution in [3.05, 3.63) is 58.8 Å². The number of nitrogens with zero attached hydrogens (tertiary/aromatic N) is 3. The van der Waals surface area contributed by atoms with Gasteiger partial charge in [-0.15, -0.1) is 0 Å². The predicted octanol–water partition coefficient (Wildman–Crippen LogP) is 3.86. The van der Waals surface area contributed by atoms with Crippen LogP contribution in [-0.4, -0.2) is 66.6 Å². The molecule has 0 atom stereocenters. The van der Waals surface area contributed by atoms with E-state index in [0.29, 0.717) is 13.1 Å². The van der Waals surface area contributed by atoms with Gasteiger partial charge in [0.25, 0.3) is 5.92 Å². The highest BCUT2D eigenvalue weighted by Gasteiger charge is 2.37. The summed E-state index contributed by atoms with van der Waals surface area (Å²) in [5, 5.41) is 0. The largest absolute Gasteiger partial charge is 0.379 e. The molecule has 1 aromatic carbocycles. The summed E-state index contributed by atoms with van der Waals surface area (Å²) in [6, 6.07) is 10.3. The van der Waals surface area contributed by atoms with Gasteiger partial charge in [-0.25, -0.2) is 8.78 Å². The van der Waals surface area contributed by atoms with Gasteiger partial charge in [0.15, 0.2) is 0 Å². The number of ether oxygens (including phenoxy) is 1. The lowest BCUT2D eigenvalue weighted by Gasteiger charge is -2.26. The standard InChI is InChI=1S/C24H27F2N3O/c25-24(26)6-8-29(17-24)15-18-1-3-20(4-2-18)23-22-14-19(13-21(22)5-7-27-23)16-28-9-11-30-12-10-28/h1-5,7,14H,6,8-13,15-17H2. The summed E-state index contributed by atoms with van der Waals surface area (Å²) in [5.41, 5.74) is 7.11. The summed E-state index contributed by atoms with van der Waals surface area (Å²) in [5.74, 6) is -2.54. The van der Waals surface area contributed by atoms with Gasteiger partial charge in [-0.2, -0.15) is 0 Å². The number of rotatable bonds is 5. The fourth-order valence-electron chi connectivity index (χ4n) is 4.67.